The number of alkyl halides is 3. The number of fused-ring (bicyclic) bond motifs is 1. The average molecular weight is 479 g/mol. The zero-order valence-electron chi connectivity index (χ0n) is 18.3. The van der Waals surface area contributed by atoms with Crippen molar-refractivity contribution >= 4 is 22.7 Å². The van der Waals surface area contributed by atoms with Gasteiger partial charge in [-0.3, -0.25) is 4.79 Å². The molecule has 0 bridgehead atoms. The van der Waals surface area contributed by atoms with Crippen LogP contribution in [-0.4, -0.2) is 26.2 Å². The molecular formula is C24H16F3N5O3. The second-order valence-electron chi connectivity index (χ2n) is 7.77. The monoisotopic (exact) mass is 479 g/mol. The van der Waals surface area contributed by atoms with E-state index in [0.717, 1.165) is 11.6 Å². The summed E-state index contributed by atoms with van der Waals surface area (Å²) < 4.78 is 51.3. The predicted molar refractivity (Wildman–Crippen MR) is 119 cm³/mol. The molecule has 8 nitrogen and oxygen atoms in total. The van der Waals surface area contributed by atoms with Gasteiger partial charge in [0.25, 0.3) is 11.6 Å². The summed E-state index contributed by atoms with van der Waals surface area (Å²) in [4.78, 5) is 17.6. The lowest BCUT2D eigenvalue weighted by Crippen LogP contribution is -2.14. The van der Waals surface area contributed by atoms with Crippen molar-refractivity contribution in [3.8, 4) is 22.7 Å². The van der Waals surface area contributed by atoms with Crippen LogP contribution in [0.3, 0.4) is 0 Å². The maximum Gasteiger partial charge on any atom is 0.417 e. The first-order valence-electron chi connectivity index (χ1n) is 10.3. The van der Waals surface area contributed by atoms with Crippen LogP contribution in [0.2, 0.25) is 0 Å². The molecule has 0 spiro atoms. The number of hydrogen-bond donors (Lipinski definition) is 1. The lowest BCUT2D eigenvalue weighted by Gasteiger charge is -2.14. The number of carbonyl (C=O) groups excluding carboxylic acids is 1. The number of nitrogens with zero attached hydrogens (tertiary/aromatic N) is 4. The summed E-state index contributed by atoms with van der Waals surface area (Å²) in [5.74, 6) is -0.298. The molecule has 5 aromatic rings. The number of carbonyl (C=O) groups is 1. The smallest absolute Gasteiger partial charge is 0.417 e. The van der Waals surface area contributed by atoms with E-state index in [9.17, 15) is 18.0 Å². The van der Waals surface area contributed by atoms with Crippen LogP contribution in [0.5, 0.6) is 0 Å². The van der Waals surface area contributed by atoms with E-state index < -0.39 is 17.6 Å². The Kier molecular flexibility index (Phi) is 5.31. The normalized spacial score (nSPS) is 11.7. The van der Waals surface area contributed by atoms with Crippen molar-refractivity contribution in [1.29, 1.82) is 0 Å². The van der Waals surface area contributed by atoms with Gasteiger partial charge in [-0.15, -0.1) is 10.2 Å². The predicted octanol–water partition coefficient (Wildman–Crippen LogP) is 5.83. The molecule has 1 amide bonds. The Labute approximate surface area is 195 Å². The van der Waals surface area contributed by atoms with Gasteiger partial charge in [0.2, 0.25) is 12.3 Å². The van der Waals surface area contributed by atoms with Crippen LogP contribution in [-0.2, 0) is 6.18 Å². The Morgan fingerprint density at radius 3 is 2.60 bits per heavy atom. The van der Waals surface area contributed by atoms with Gasteiger partial charge in [0.15, 0.2) is 0 Å². The molecular weight excluding hydrogens is 463 g/mol. The van der Waals surface area contributed by atoms with Gasteiger partial charge in [-0.2, -0.15) is 13.2 Å². The van der Waals surface area contributed by atoms with Crippen LogP contribution in [0.15, 0.2) is 63.9 Å². The fourth-order valence-corrected chi connectivity index (χ4v) is 3.74. The molecule has 1 N–H and O–H groups in total. The number of benzene rings is 2. The third kappa shape index (κ3) is 4.12. The minimum atomic E-state index is -4.61. The van der Waals surface area contributed by atoms with Crippen molar-refractivity contribution < 1.29 is 26.9 Å². The highest BCUT2D eigenvalue weighted by atomic mass is 19.4. The molecule has 3 aromatic heterocycles. The fraction of sp³-hybridized carbons (Fsp3) is 0.125. The van der Waals surface area contributed by atoms with Gasteiger partial charge >= 0.3 is 6.18 Å². The van der Waals surface area contributed by atoms with E-state index in [-0.39, 0.29) is 28.4 Å². The van der Waals surface area contributed by atoms with Crippen LogP contribution in [0, 0.1) is 13.8 Å². The fourth-order valence-electron chi connectivity index (χ4n) is 3.74. The third-order valence-electron chi connectivity index (χ3n) is 5.46. The number of hydrogen-bond acceptors (Lipinski definition) is 7. The van der Waals surface area contributed by atoms with Gasteiger partial charge < -0.3 is 14.3 Å². The van der Waals surface area contributed by atoms with E-state index in [0.29, 0.717) is 22.3 Å². The van der Waals surface area contributed by atoms with E-state index in [1.54, 1.807) is 32.0 Å². The molecule has 3 heterocycles. The van der Waals surface area contributed by atoms with Crippen LogP contribution in [0.1, 0.15) is 27.2 Å². The molecule has 2 aromatic carbocycles. The summed E-state index contributed by atoms with van der Waals surface area (Å²) in [6, 6.07) is 11.5. The maximum absolute atomic E-state index is 13.6. The second kappa shape index (κ2) is 8.35. The van der Waals surface area contributed by atoms with Gasteiger partial charge in [-0.1, -0.05) is 29.4 Å². The van der Waals surface area contributed by atoms with E-state index in [2.05, 4.69) is 25.7 Å². The second-order valence-corrected chi connectivity index (χ2v) is 7.77. The van der Waals surface area contributed by atoms with Crippen molar-refractivity contribution in [1.82, 2.24) is 20.3 Å². The summed E-state index contributed by atoms with van der Waals surface area (Å²) in [5.41, 5.74) is 1.08. The number of aromatic nitrogens is 4. The van der Waals surface area contributed by atoms with Gasteiger partial charge in [-0.05, 0) is 43.7 Å². The number of amides is 1. The summed E-state index contributed by atoms with van der Waals surface area (Å²) in [5, 5.41) is 14.5. The van der Waals surface area contributed by atoms with E-state index in [1.807, 2.05) is 0 Å². The first-order valence-corrected chi connectivity index (χ1v) is 10.3. The molecule has 0 saturated heterocycles. The Balaban J connectivity index is 1.61. The molecule has 0 aliphatic heterocycles. The SMILES string of the molecule is Cc1ccc(-c2nnco2)cc1NC(=O)c1cc(-c2ccccc2C(F)(F)F)nc2onc(C)c12. The van der Waals surface area contributed by atoms with Gasteiger partial charge in [0, 0.05) is 16.8 Å². The minimum Gasteiger partial charge on any atom is -0.423 e. The molecule has 35 heavy (non-hydrogen) atoms. The summed E-state index contributed by atoms with van der Waals surface area (Å²) in [7, 11) is 0. The standard InChI is InChI=1S/C24H16F3N5O3/c1-12-7-8-14(22-31-28-11-34-22)9-18(12)29-21(33)16-10-19(30-23-20(16)13(2)32-35-23)15-5-3-4-6-17(15)24(25,26)27/h3-11H,1-2H3,(H,29,33). The lowest BCUT2D eigenvalue weighted by atomic mass is 10.0. The summed E-state index contributed by atoms with van der Waals surface area (Å²) >= 11 is 0. The third-order valence-corrected chi connectivity index (χ3v) is 5.46. The van der Waals surface area contributed by atoms with Crippen molar-refractivity contribution in [3.63, 3.8) is 0 Å². The van der Waals surface area contributed by atoms with Crippen molar-refractivity contribution in [3.05, 3.63) is 77.3 Å². The Bertz CT molecular complexity index is 1560. The highest BCUT2D eigenvalue weighted by Gasteiger charge is 2.34. The molecule has 0 fully saturated rings. The number of nitrogens with one attached hydrogen (secondary N) is 1. The quantitative estimate of drug-likeness (QED) is 0.346. The molecule has 0 aliphatic rings. The van der Waals surface area contributed by atoms with E-state index in [4.69, 9.17) is 8.94 Å². The van der Waals surface area contributed by atoms with Crippen LogP contribution in [0.25, 0.3) is 33.8 Å². The van der Waals surface area contributed by atoms with Crippen molar-refractivity contribution in [2.24, 2.45) is 0 Å². The highest BCUT2D eigenvalue weighted by Crippen LogP contribution is 2.38. The first-order chi connectivity index (χ1) is 16.7. The molecule has 5 rings (SSSR count). The number of anilines is 1. The highest BCUT2D eigenvalue weighted by molar-refractivity contribution is 6.13. The van der Waals surface area contributed by atoms with Crippen LogP contribution in [0.4, 0.5) is 18.9 Å². The molecule has 11 heteroatoms. The van der Waals surface area contributed by atoms with Crippen LogP contribution >= 0.6 is 0 Å². The van der Waals surface area contributed by atoms with Crippen LogP contribution < -0.4 is 5.32 Å². The number of pyridine rings is 1. The average Bonchev–Trinajstić information content (AvgIpc) is 3.50. The maximum atomic E-state index is 13.6. The largest absolute Gasteiger partial charge is 0.423 e. The van der Waals surface area contributed by atoms with E-state index in [1.165, 1.54) is 30.7 Å². The van der Waals surface area contributed by atoms with Gasteiger partial charge in [0.05, 0.1) is 27.9 Å². The first kappa shape index (κ1) is 22.3. The molecule has 0 atom stereocenters. The summed E-state index contributed by atoms with van der Waals surface area (Å²) in [6.45, 7) is 3.42. The lowest BCUT2D eigenvalue weighted by molar-refractivity contribution is -0.137. The molecule has 0 unspecified atom stereocenters. The molecule has 176 valence electrons. The Morgan fingerprint density at radius 1 is 1.06 bits per heavy atom. The molecule has 0 radical (unpaired) electrons. The number of aryl methyl sites for hydroxylation is 2. The van der Waals surface area contributed by atoms with Crippen molar-refractivity contribution in [2.75, 3.05) is 5.32 Å². The van der Waals surface area contributed by atoms with E-state index >= 15 is 0 Å². The zero-order chi connectivity index (χ0) is 24.7. The van der Waals surface area contributed by atoms with Gasteiger partial charge in [-0.25, -0.2) is 4.98 Å². The summed E-state index contributed by atoms with van der Waals surface area (Å²) in [6.07, 6.45) is -3.42. The Morgan fingerprint density at radius 2 is 1.86 bits per heavy atom. The zero-order valence-corrected chi connectivity index (χ0v) is 18.3. The van der Waals surface area contributed by atoms with Crippen molar-refractivity contribution in [2.45, 2.75) is 20.0 Å². The van der Waals surface area contributed by atoms with Gasteiger partial charge in [0.1, 0.15) is 0 Å². The Hall–Kier alpha value is -4.54. The minimum absolute atomic E-state index is 0.0431. The molecule has 0 aliphatic carbocycles. The number of rotatable bonds is 4. The molecule has 0 saturated carbocycles. The number of halogens is 3. The topological polar surface area (TPSA) is 107 Å².